The molecule has 0 saturated heterocycles. The van der Waals surface area contributed by atoms with Crippen molar-refractivity contribution in [3.63, 3.8) is 0 Å². The topological polar surface area (TPSA) is 102 Å². The van der Waals surface area contributed by atoms with E-state index in [-0.39, 0.29) is 12.5 Å². The molecule has 0 aliphatic rings. The molecule has 2 aromatic carbocycles. The predicted octanol–water partition coefficient (Wildman–Crippen LogP) is 1.87. The highest BCUT2D eigenvalue weighted by Crippen LogP contribution is 2.27. The zero-order valence-electron chi connectivity index (χ0n) is 16.9. The lowest BCUT2D eigenvalue weighted by atomic mass is 10.1. The number of hydrogen-bond donors (Lipinski definition) is 2. The Kier molecular flexibility index (Phi) is 6.36. The van der Waals surface area contributed by atoms with Crippen LogP contribution >= 0.6 is 0 Å². The second-order valence-corrected chi connectivity index (χ2v) is 6.59. The molecule has 30 heavy (non-hydrogen) atoms. The quantitative estimate of drug-likeness (QED) is 0.553. The van der Waals surface area contributed by atoms with Crippen LogP contribution in [0.15, 0.2) is 58.6 Å². The summed E-state index contributed by atoms with van der Waals surface area (Å²) in [6.07, 6.45) is 2.07. The average molecular weight is 409 g/mol. The smallest absolute Gasteiger partial charge is 0.329 e. The highest BCUT2D eigenvalue weighted by molar-refractivity contribution is 5.97. The molecule has 2 N–H and O–H groups in total. The van der Waals surface area contributed by atoms with E-state index >= 15 is 0 Å². The van der Waals surface area contributed by atoms with Crippen molar-refractivity contribution in [1.82, 2.24) is 14.9 Å². The minimum absolute atomic E-state index is 0.114. The first-order valence-corrected chi connectivity index (χ1v) is 9.35. The van der Waals surface area contributed by atoms with Gasteiger partial charge in [-0.25, -0.2) is 4.79 Å². The summed E-state index contributed by atoms with van der Waals surface area (Å²) in [5.41, 5.74) is 0.690. The third kappa shape index (κ3) is 4.27. The number of benzene rings is 2. The molecule has 0 radical (unpaired) electrons. The first kappa shape index (κ1) is 20.9. The van der Waals surface area contributed by atoms with Gasteiger partial charge in [0.1, 0.15) is 0 Å². The zero-order chi connectivity index (χ0) is 21.7. The molecule has 8 nitrogen and oxygen atoms in total. The van der Waals surface area contributed by atoms with Crippen LogP contribution in [0.25, 0.3) is 10.9 Å². The SMILES string of the molecule is C=CCn1c(=O)[nH]c2cc(C(=O)NCCc3ccc(OC)c(OC)c3)ccc2c1=O. The van der Waals surface area contributed by atoms with E-state index in [4.69, 9.17) is 9.47 Å². The van der Waals surface area contributed by atoms with Gasteiger partial charge in [0.05, 0.1) is 25.1 Å². The van der Waals surface area contributed by atoms with Crippen LogP contribution in [0, 0.1) is 0 Å². The second kappa shape index (κ2) is 9.13. The number of nitrogens with zero attached hydrogens (tertiary/aromatic N) is 1. The summed E-state index contributed by atoms with van der Waals surface area (Å²) in [5, 5.41) is 3.17. The summed E-state index contributed by atoms with van der Waals surface area (Å²) >= 11 is 0. The summed E-state index contributed by atoms with van der Waals surface area (Å²) < 4.78 is 11.6. The van der Waals surface area contributed by atoms with Gasteiger partial charge in [0.15, 0.2) is 11.5 Å². The Morgan fingerprint density at radius 3 is 2.60 bits per heavy atom. The number of H-pyrrole nitrogens is 1. The van der Waals surface area contributed by atoms with E-state index in [1.165, 1.54) is 18.2 Å². The van der Waals surface area contributed by atoms with E-state index < -0.39 is 11.2 Å². The van der Waals surface area contributed by atoms with Gasteiger partial charge < -0.3 is 19.8 Å². The lowest BCUT2D eigenvalue weighted by Crippen LogP contribution is -2.34. The van der Waals surface area contributed by atoms with Crippen LogP contribution in [0.4, 0.5) is 0 Å². The van der Waals surface area contributed by atoms with Gasteiger partial charge in [-0.3, -0.25) is 14.2 Å². The maximum atomic E-state index is 12.5. The van der Waals surface area contributed by atoms with E-state index in [9.17, 15) is 14.4 Å². The van der Waals surface area contributed by atoms with Crippen LogP contribution < -0.4 is 26.0 Å². The molecule has 156 valence electrons. The summed E-state index contributed by atoms with van der Waals surface area (Å²) in [5.74, 6) is 0.970. The Labute approximate surface area is 172 Å². The van der Waals surface area contributed by atoms with Crippen LogP contribution in [-0.2, 0) is 13.0 Å². The number of nitrogens with one attached hydrogen (secondary N) is 2. The predicted molar refractivity (Wildman–Crippen MR) is 115 cm³/mol. The minimum atomic E-state index is -0.543. The lowest BCUT2D eigenvalue weighted by Gasteiger charge is -2.10. The van der Waals surface area contributed by atoms with Crippen LogP contribution in [0.5, 0.6) is 11.5 Å². The molecular weight excluding hydrogens is 386 g/mol. The van der Waals surface area contributed by atoms with E-state index in [2.05, 4.69) is 16.9 Å². The molecule has 0 saturated carbocycles. The Bertz CT molecular complexity index is 1210. The molecule has 0 fully saturated rings. The number of aromatic nitrogens is 2. The van der Waals surface area contributed by atoms with E-state index in [0.717, 1.165) is 10.1 Å². The van der Waals surface area contributed by atoms with Crippen molar-refractivity contribution < 1.29 is 14.3 Å². The van der Waals surface area contributed by atoms with Crippen LogP contribution in [0.1, 0.15) is 15.9 Å². The summed E-state index contributed by atoms with van der Waals surface area (Å²) in [4.78, 5) is 39.7. The van der Waals surface area contributed by atoms with Gasteiger partial charge >= 0.3 is 5.69 Å². The Hall–Kier alpha value is -3.81. The molecule has 0 spiro atoms. The van der Waals surface area contributed by atoms with Gasteiger partial charge in [0.2, 0.25) is 0 Å². The molecule has 0 unspecified atom stereocenters. The largest absolute Gasteiger partial charge is 0.493 e. The van der Waals surface area contributed by atoms with Gasteiger partial charge in [0.25, 0.3) is 11.5 Å². The molecule has 3 aromatic rings. The van der Waals surface area contributed by atoms with Crippen LogP contribution in [0.2, 0.25) is 0 Å². The van der Waals surface area contributed by atoms with Gasteiger partial charge in [-0.1, -0.05) is 12.1 Å². The van der Waals surface area contributed by atoms with Gasteiger partial charge in [-0.2, -0.15) is 0 Å². The maximum Gasteiger partial charge on any atom is 0.329 e. The molecule has 0 bridgehead atoms. The number of fused-ring (bicyclic) bond motifs is 1. The van der Waals surface area contributed by atoms with E-state index in [0.29, 0.717) is 40.9 Å². The number of hydrogen-bond acceptors (Lipinski definition) is 5. The fourth-order valence-corrected chi connectivity index (χ4v) is 3.15. The van der Waals surface area contributed by atoms with Crippen molar-refractivity contribution in [2.24, 2.45) is 0 Å². The number of amides is 1. The van der Waals surface area contributed by atoms with Crippen molar-refractivity contribution in [3.8, 4) is 11.5 Å². The molecule has 1 heterocycles. The number of carbonyl (C=O) groups excluding carboxylic acids is 1. The zero-order valence-corrected chi connectivity index (χ0v) is 16.9. The summed E-state index contributed by atoms with van der Waals surface area (Å²) in [7, 11) is 3.14. The molecule has 0 aliphatic heterocycles. The van der Waals surface area contributed by atoms with Gasteiger partial charge in [-0.05, 0) is 42.3 Å². The van der Waals surface area contributed by atoms with Crippen LogP contribution in [0.3, 0.4) is 0 Å². The lowest BCUT2D eigenvalue weighted by molar-refractivity contribution is 0.0954. The molecule has 1 amide bonds. The minimum Gasteiger partial charge on any atom is -0.493 e. The van der Waals surface area contributed by atoms with Crippen molar-refractivity contribution >= 4 is 16.8 Å². The Balaban J connectivity index is 1.73. The first-order valence-electron chi connectivity index (χ1n) is 9.35. The van der Waals surface area contributed by atoms with Crippen molar-refractivity contribution in [1.29, 1.82) is 0 Å². The van der Waals surface area contributed by atoms with Crippen LogP contribution in [-0.4, -0.2) is 36.2 Å². The molecule has 1 aromatic heterocycles. The van der Waals surface area contributed by atoms with Gasteiger partial charge in [0, 0.05) is 18.7 Å². The monoisotopic (exact) mass is 409 g/mol. The summed E-state index contributed by atoms with van der Waals surface area (Å²) in [6, 6.07) is 10.2. The standard InChI is InChI=1S/C22H23N3O5/c1-4-11-25-21(27)16-7-6-15(13-17(16)24-22(25)28)20(26)23-10-9-14-5-8-18(29-2)19(12-14)30-3/h4-8,12-13H,1,9-11H2,2-3H3,(H,23,26)(H,24,28). The molecule has 8 heteroatoms. The van der Waals surface area contributed by atoms with Crippen molar-refractivity contribution in [2.45, 2.75) is 13.0 Å². The third-order valence-corrected chi connectivity index (χ3v) is 4.70. The number of carbonyl (C=O) groups is 1. The number of rotatable bonds is 8. The summed E-state index contributed by atoms with van der Waals surface area (Å²) in [6.45, 7) is 4.07. The van der Waals surface area contributed by atoms with Crippen molar-refractivity contribution in [3.05, 3.63) is 81.0 Å². The highest BCUT2D eigenvalue weighted by atomic mass is 16.5. The molecular formula is C22H23N3O5. The number of aromatic amines is 1. The number of methoxy groups -OCH3 is 2. The molecule has 0 atom stereocenters. The molecule has 0 aliphatic carbocycles. The van der Waals surface area contributed by atoms with Crippen molar-refractivity contribution in [2.75, 3.05) is 20.8 Å². The average Bonchev–Trinajstić information content (AvgIpc) is 2.76. The number of ether oxygens (including phenoxy) is 2. The normalized spacial score (nSPS) is 10.6. The molecule has 3 rings (SSSR count). The Morgan fingerprint density at radius 2 is 1.90 bits per heavy atom. The van der Waals surface area contributed by atoms with Gasteiger partial charge in [-0.15, -0.1) is 6.58 Å². The third-order valence-electron chi connectivity index (χ3n) is 4.70. The first-order chi connectivity index (χ1) is 14.5. The highest BCUT2D eigenvalue weighted by Gasteiger charge is 2.11. The second-order valence-electron chi connectivity index (χ2n) is 6.59. The Morgan fingerprint density at radius 1 is 1.13 bits per heavy atom. The maximum absolute atomic E-state index is 12.5. The van der Waals surface area contributed by atoms with E-state index in [1.54, 1.807) is 20.3 Å². The fourth-order valence-electron chi connectivity index (χ4n) is 3.15. The van der Waals surface area contributed by atoms with E-state index in [1.807, 2.05) is 18.2 Å². The fraction of sp³-hybridized carbons (Fsp3) is 0.227. The number of allylic oxidation sites excluding steroid dienone is 1.